The third-order valence-electron chi connectivity index (χ3n) is 11.1. The van der Waals surface area contributed by atoms with E-state index in [4.69, 9.17) is 14.2 Å². The second-order valence-electron chi connectivity index (χ2n) is 17.5. The number of allylic oxidation sites excluding steroid dienone is 20. The third kappa shape index (κ3) is 52.6. The van der Waals surface area contributed by atoms with E-state index in [9.17, 15) is 14.4 Å². The van der Waals surface area contributed by atoms with Crippen molar-refractivity contribution in [3.8, 4) is 0 Å². The quantitative estimate of drug-likeness (QED) is 0.0199. The van der Waals surface area contributed by atoms with E-state index in [1.54, 1.807) is 0 Å². The van der Waals surface area contributed by atoms with Crippen LogP contribution in [0.2, 0.25) is 0 Å². The molecule has 0 aromatic rings. The van der Waals surface area contributed by atoms with Crippen LogP contribution >= 0.6 is 0 Å². The van der Waals surface area contributed by atoms with Gasteiger partial charge in [-0.1, -0.05) is 226 Å². The van der Waals surface area contributed by atoms with Gasteiger partial charge in [0.15, 0.2) is 6.10 Å². The second kappa shape index (κ2) is 54.4. The summed E-state index contributed by atoms with van der Waals surface area (Å²) in [5.74, 6) is -0.971. The molecule has 0 aromatic carbocycles. The number of unbranched alkanes of at least 4 members (excludes halogenated alkanes) is 20. The molecule has 0 saturated heterocycles. The smallest absolute Gasteiger partial charge is 0.306 e. The van der Waals surface area contributed by atoms with E-state index in [2.05, 4.69) is 93.7 Å². The fraction of sp³-hybridized carbons (Fsp3) is 0.623. The van der Waals surface area contributed by atoms with Crippen LogP contribution in [0, 0.1) is 0 Å². The maximum atomic E-state index is 12.8. The standard InChI is InChI=1S/C61H98O6/c1-4-7-10-13-16-19-22-25-28-29-30-31-34-36-39-42-45-48-51-54-60(63)66-57-58(67-61(64)55-52-49-46-43-40-37-33-27-24-21-18-15-12-9-6-3)56-65-59(62)53-50-47-44-41-38-35-32-26-23-20-17-14-11-8-5-2/h7,9-10,12,15-16,18-21,23-25,27-28,30-31,33,37,40,58H,4-6,8,11,13-14,17,22,26,29,32,34-36,38-39,41-57H2,1-3H3/b10-7-,12-9-,18-15-,19-16-,23-20-,24-21-,28-25-,31-30-,33-27-,40-37-. The zero-order valence-electron chi connectivity index (χ0n) is 43.1. The molecule has 0 amide bonds. The van der Waals surface area contributed by atoms with Crippen molar-refractivity contribution in [3.05, 3.63) is 122 Å². The molecule has 0 aromatic heterocycles. The molecule has 0 aliphatic heterocycles. The number of carbonyl (C=O) groups is 3. The molecular formula is C61H98O6. The number of esters is 3. The Bertz CT molecular complexity index is 1440. The van der Waals surface area contributed by atoms with Crippen LogP contribution in [-0.4, -0.2) is 37.2 Å². The van der Waals surface area contributed by atoms with Gasteiger partial charge in [0.05, 0.1) is 0 Å². The van der Waals surface area contributed by atoms with Gasteiger partial charge in [0.1, 0.15) is 13.2 Å². The summed E-state index contributed by atoms with van der Waals surface area (Å²) in [6.07, 6.45) is 74.6. The van der Waals surface area contributed by atoms with Crippen LogP contribution in [0.3, 0.4) is 0 Å². The summed E-state index contributed by atoms with van der Waals surface area (Å²) in [6, 6.07) is 0. The predicted molar refractivity (Wildman–Crippen MR) is 288 cm³/mol. The zero-order valence-corrected chi connectivity index (χ0v) is 43.1. The van der Waals surface area contributed by atoms with Gasteiger partial charge in [0.25, 0.3) is 0 Å². The van der Waals surface area contributed by atoms with Crippen LogP contribution < -0.4 is 0 Å². The first-order valence-corrected chi connectivity index (χ1v) is 27.1. The third-order valence-corrected chi connectivity index (χ3v) is 11.1. The Morgan fingerprint density at radius 2 is 0.657 bits per heavy atom. The molecule has 0 radical (unpaired) electrons. The van der Waals surface area contributed by atoms with E-state index in [0.717, 1.165) is 103 Å². The average Bonchev–Trinajstić information content (AvgIpc) is 3.33. The summed E-state index contributed by atoms with van der Waals surface area (Å²) in [5, 5.41) is 0. The number of rotatable bonds is 47. The van der Waals surface area contributed by atoms with Crippen LogP contribution in [0.4, 0.5) is 0 Å². The lowest BCUT2D eigenvalue weighted by Crippen LogP contribution is -2.30. The average molecular weight is 927 g/mol. The second-order valence-corrected chi connectivity index (χ2v) is 17.5. The number of ether oxygens (including phenoxy) is 3. The zero-order chi connectivity index (χ0) is 48.6. The van der Waals surface area contributed by atoms with E-state index < -0.39 is 6.10 Å². The molecule has 1 atom stereocenters. The van der Waals surface area contributed by atoms with Crippen LogP contribution in [0.15, 0.2) is 122 Å². The fourth-order valence-electron chi connectivity index (χ4n) is 7.04. The van der Waals surface area contributed by atoms with Gasteiger partial charge in [-0.15, -0.1) is 0 Å². The van der Waals surface area contributed by atoms with Crippen molar-refractivity contribution < 1.29 is 28.6 Å². The van der Waals surface area contributed by atoms with Gasteiger partial charge >= 0.3 is 17.9 Å². The summed E-state index contributed by atoms with van der Waals surface area (Å²) >= 11 is 0. The molecule has 0 bridgehead atoms. The Morgan fingerprint density at radius 1 is 0.328 bits per heavy atom. The highest BCUT2D eigenvalue weighted by molar-refractivity contribution is 5.71. The molecule has 6 nitrogen and oxygen atoms in total. The fourth-order valence-corrected chi connectivity index (χ4v) is 7.04. The van der Waals surface area contributed by atoms with Crippen LogP contribution in [-0.2, 0) is 28.6 Å². The van der Waals surface area contributed by atoms with Crippen molar-refractivity contribution in [2.45, 2.75) is 232 Å². The van der Waals surface area contributed by atoms with E-state index in [0.29, 0.717) is 19.3 Å². The molecule has 0 rings (SSSR count). The first-order valence-electron chi connectivity index (χ1n) is 27.1. The van der Waals surface area contributed by atoms with Gasteiger partial charge < -0.3 is 14.2 Å². The molecular weight excluding hydrogens is 829 g/mol. The minimum Gasteiger partial charge on any atom is -0.462 e. The molecule has 1 unspecified atom stereocenters. The van der Waals surface area contributed by atoms with E-state index in [1.807, 2.05) is 48.6 Å². The van der Waals surface area contributed by atoms with Crippen LogP contribution in [0.5, 0.6) is 0 Å². The Hall–Kier alpha value is -4.19. The SMILES string of the molecule is CC\C=C/C=C\C=C/C=C\C=C/CCCCCC(=O)OC(COC(=O)CCCCCCCC/C=C\C/C=C\C/C=C\C/C=C\CC)COC(=O)CCCCCCCCC/C=C\CCCCCC. The maximum Gasteiger partial charge on any atom is 0.306 e. The van der Waals surface area contributed by atoms with Crippen LogP contribution in [0.1, 0.15) is 226 Å². The lowest BCUT2D eigenvalue weighted by molar-refractivity contribution is -0.167. The van der Waals surface area contributed by atoms with Crippen molar-refractivity contribution in [3.63, 3.8) is 0 Å². The summed E-state index contributed by atoms with van der Waals surface area (Å²) in [7, 11) is 0. The van der Waals surface area contributed by atoms with Gasteiger partial charge in [-0.3, -0.25) is 14.4 Å². The molecule has 0 heterocycles. The Labute approximate surface area is 412 Å². The molecule has 0 aliphatic rings. The van der Waals surface area contributed by atoms with Crippen LogP contribution in [0.25, 0.3) is 0 Å². The topological polar surface area (TPSA) is 78.9 Å². The van der Waals surface area contributed by atoms with E-state index in [-0.39, 0.29) is 37.5 Å². The summed E-state index contributed by atoms with van der Waals surface area (Å²) in [5.41, 5.74) is 0. The lowest BCUT2D eigenvalue weighted by atomic mass is 10.1. The predicted octanol–water partition coefficient (Wildman–Crippen LogP) is 18.1. The Balaban J connectivity index is 4.50. The molecule has 0 N–H and O–H groups in total. The molecule has 0 saturated carbocycles. The normalized spacial score (nSPS) is 13.1. The molecule has 0 fully saturated rings. The van der Waals surface area contributed by atoms with Crippen molar-refractivity contribution in [2.24, 2.45) is 0 Å². The molecule has 0 aliphatic carbocycles. The van der Waals surface area contributed by atoms with Gasteiger partial charge in [0, 0.05) is 19.3 Å². The first kappa shape index (κ1) is 62.8. The molecule has 6 heteroatoms. The highest BCUT2D eigenvalue weighted by atomic mass is 16.6. The summed E-state index contributed by atoms with van der Waals surface area (Å²) < 4.78 is 16.8. The molecule has 67 heavy (non-hydrogen) atoms. The van der Waals surface area contributed by atoms with Crippen molar-refractivity contribution in [2.75, 3.05) is 13.2 Å². The van der Waals surface area contributed by atoms with Crippen molar-refractivity contribution >= 4 is 17.9 Å². The lowest BCUT2D eigenvalue weighted by Gasteiger charge is -2.18. The molecule has 378 valence electrons. The van der Waals surface area contributed by atoms with Gasteiger partial charge in [0.2, 0.25) is 0 Å². The van der Waals surface area contributed by atoms with Crippen molar-refractivity contribution in [1.29, 1.82) is 0 Å². The Kier molecular flexibility index (Phi) is 51.0. The molecule has 0 spiro atoms. The van der Waals surface area contributed by atoms with E-state index >= 15 is 0 Å². The minimum atomic E-state index is -0.812. The number of carbonyl (C=O) groups excluding carboxylic acids is 3. The maximum absolute atomic E-state index is 12.8. The highest BCUT2D eigenvalue weighted by Gasteiger charge is 2.19. The Morgan fingerprint density at radius 3 is 1.12 bits per heavy atom. The van der Waals surface area contributed by atoms with Gasteiger partial charge in [-0.25, -0.2) is 0 Å². The van der Waals surface area contributed by atoms with Gasteiger partial charge in [-0.2, -0.15) is 0 Å². The largest absolute Gasteiger partial charge is 0.462 e. The monoisotopic (exact) mass is 927 g/mol. The minimum absolute atomic E-state index is 0.106. The number of hydrogen-bond donors (Lipinski definition) is 0. The highest BCUT2D eigenvalue weighted by Crippen LogP contribution is 2.14. The van der Waals surface area contributed by atoms with E-state index in [1.165, 1.54) is 77.0 Å². The summed E-state index contributed by atoms with van der Waals surface area (Å²) in [4.78, 5) is 38.1. The summed E-state index contributed by atoms with van der Waals surface area (Å²) in [6.45, 7) is 6.31. The first-order chi connectivity index (χ1) is 33.0. The van der Waals surface area contributed by atoms with Crippen molar-refractivity contribution in [1.82, 2.24) is 0 Å². The van der Waals surface area contributed by atoms with Gasteiger partial charge in [-0.05, 0) is 103 Å². The number of hydrogen-bond acceptors (Lipinski definition) is 6.